The molecular formula is C10H13N3O3. The smallest absolute Gasteiger partial charge is 0.410 e. The molecule has 0 saturated carbocycles. The van der Waals surface area contributed by atoms with Crippen LogP contribution in [-0.2, 0) is 11.3 Å². The van der Waals surface area contributed by atoms with Crippen LogP contribution in [0.4, 0.5) is 4.79 Å². The van der Waals surface area contributed by atoms with Crippen molar-refractivity contribution in [1.29, 1.82) is 0 Å². The molecule has 6 nitrogen and oxygen atoms in total. The van der Waals surface area contributed by atoms with Crippen molar-refractivity contribution in [1.82, 2.24) is 14.9 Å². The van der Waals surface area contributed by atoms with Gasteiger partial charge in [-0.2, -0.15) is 0 Å². The Kier molecular flexibility index (Phi) is 2.41. The average Bonchev–Trinajstić information content (AvgIpc) is 2.54. The summed E-state index contributed by atoms with van der Waals surface area (Å²) in [6, 6.07) is -0.292. The van der Waals surface area contributed by atoms with Gasteiger partial charge in [-0.1, -0.05) is 0 Å². The average molecular weight is 223 g/mol. The molecule has 6 heteroatoms. The molecule has 1 aromatic heterocycles. The molecule has 0 bridgehead atoms. The Morgan fingerprint density at radius 2 is 2.31 bits per heavy atom. The van der Waals surface area contributed by atoms with Crippen LogP contribution in [0.25, 0.3) is 0 Å². The minimum atomic E-state index is -0.442. The highest BCUT2D eigenvalue weighted by atomic mass is 16.5. The van der Waals surface area contributed by atoms with Crippen LogP contribution in [0, 0.1) is 6.92 Å². The topological polar surface area (TPSA) is 75.3 Å². The summed E-state index contributed by atoms with van der Waals surface area (Å²) in [4.78, 5) is 31.5. The van der Waals surface area contributed by atoms with Gasteiger partial charge in [0.2, 0.25) is 0 Å². The van der Waals surface area contributed by atoms with E-state index in [1.165, 1.54) is 12.0 Å². The van der Waals surface area contributed by atoms with Crippen LogP contribution >= 0.6 is 0 Å². The number of rotatable bonds is 0. The highest BCUT2D eigenvalue weighted by Crippen LogP contribution is 2.29. The number of H-pyrrole nitrogens is 1. The van der Waals surface area contributed by atoms with Gasteiger partial charge < -0.3 is 9.72 Å². The fraction of sp³-hybridized carbons (Fsp3) is 0.500. The molecule has 1 unspecified atom stereocenters. The maximum absolute atomic E-state index is 11.7. The van der Waals surface area contributed by atoms with E-state index in [2.05, 4.69) is 14.7 Å². The van der Waals surface area contributed by atoms with Gasteiger partial charge in [0, 0.05) is 0 Å². The molecular weight excluding hydrogens is 210 g/mol. The molecule has 0 radical (unpaired) electrons. The third-order valence-corrected chi connectivity index (χ3v) is 2.77. The maximum atomic E-state index is 11.7. The Bertz CT molecular complexity index is 495. The van der Waals surface area contributed by atoms with E-state index >= 15 is 0 Å². The maximum Gasteiger partial charge on any atom is 0.410 e. The lowest BCUT2D eigenvalue weighted by Crippen LogP contribution is -2.29. The highest BCUT2D eigenvalue weighted by Gasteiger charge is 2.34. The SMILES string of the molecule is COC(=O)N1Cc2nc(C)[nH]c(=O)c2C1C. The van der Waals surface area contributed by atoms with Gasteiger partial charge in [0.1, 0.15) is 5.82 Å². The summed E-state index contributed by atoms with van der Waals surface area (Å²) in [7, 11) is 1.32. The van der Waals surface area contributed by atoms with E-state index in [4.69, 9.17) is 0 Å². The Morgan fingerprint density at radius 1 is 1.62 bits per heavy atom. The summed E-state index contributed by atoms with van der Waals surface area (Å²) in [6.45, 7) is 3.83. The van der Waals surface area contributed by atoms with E-state index in [1.54, 1.807) is 13.8 Å². The fourth-order valence-corrected chi connectivity index (χ4v) is 2.00. The second-order valence-electron chi connectivity index (χ2n) is 3.79. The van der Waals surface area contributed by atoms with Crippen molar-refractivity contribution >= 4 is 6.09 Å². The van der Waals surface area contributed by atoms with Crippen LogP contribution < -0.4 is 5.56 Å². The van der Waals surface area contributed by atoms with Gasteiger partial charge in [0.15, 0.2) is 0 Å². The van der Waals surface area contributed by atoms with Gasteiger partial charge in [-0.05, 0) is 13.8 Å². The predicted molar refractivity (Wildman–Crippen MR) is 56.0 cm³/mol. The van der Waals surface area contributed by atoms with Crippen molar-refractivity contribution < 1.29 is 9.53 Å². The number of nitrogens with zero attached hydrogens (tertiary/aromatic N) is 2. The first-order chi connectivity index (χ1) is 7.54. The first-order valence-electron chi connectivity index (χ1n) is 4.99. The number of hydrogen-bond acceptors (Lipinski definition) is 4. The van der Waals surface area contributed by atoms with Crippen LogP contribution in [0.3, 0.4) is 0 Å². The van der Waals surface area contributed by atoms with Crippen LogP contribution in [0.15, 0.2) is 4.79 Å². The van der Waals surface area contributed by atoms with Gasteiger partial charge in [-0.3, -0.25) is 9.69 Å². The molecule has 0 aromatic carbocycles. The highest BCUT2D eigenvalue weighted by molar-refractivity contribution is 5.69. The number of carbonyl (C=O) groups is 1. The second kappa shape index (κ2) is 3.62. The number of aromatic nitrogens is 2. The Balaban J connectivity index is 2.46. The Morgan fingerprint density at radius 3 is 2.94 bits per heavy atom. The summed E-state index contributed by atoms with van der Waals surface area (Å²) in [5, 5.41) is 0. The molecule has 1 aliphatic rings. The molecule has 2 rings (SSSR count). The lowest BCUT2D eigenvalue weighted by atomic mass is 10.1. The van der Waals surface area contributed by atoms with Crippen LogP contribution in [0.2, 0.25) is 0 Å². The van der Waals surface area contributed by atoms with Crippen LogP contribution in [0.1, 0.15) is 30.0 Å². The molecule has 0 spiro atoms. The number of carbonyl (C=O) groups excluding carboxylic acids is 1. The number of nitrogens with one attached hydrogen (secondary N) is 1. The molecule has 1 amide bonds. The molecule has 0 fully saturated rings. The van der Waals surface area contributed by atoms with E-state index in [1.807, 2.05) is 0 Å². The monoisotopic (exact) mass is 223 g/mol. The standard InChI is InChI=1S/C10H13N3O3/c1-5-8-7(4-13(5)10(15)16-3)11-6(2)12-9(8)14/h5H,4H2,1-3H3,(H,11,12,14). The van der Waals surface area contributed by atoms with Crippen molar-refractivity contribution in [2.75, 3.05) is 7.11 Å². The third kappa shape index (κ3) is 1.46. The molecule has 86 valence electrons. The van der Waals surface area contributed by atoms with Crippen LogP contribution in [-0.4, -0.2) is 28.1 Å². The van der Waals surface area contributed by atoms with Crippen molar-refractivity contribution in [2.24, 2.45) is 0 Å². The summed E-state index contributed by atoms with van der Waals surface area (Å²) < 4.78 is 4.65. The van der Waals surface area contributed by atoms with E-state index in [-0.39, 0.29) is 11.6 Å². The number of methoxy groups -OCH3 is 1. The minimum Gasteiger partial charge on any atom is -0.453 e. The molecule has 0 aliphatic carbocycles. The lowest BCUT2D eigenvalue weighted by Gasteiger charge is -2.18. The molecule has 1 aromatic rings. The Labute approximate surface area is 92.3 Å². The minimum absolute atomic E-state index is 0.179. The predicted octanol–water partition coefficient (Wildman–Crippen LogP) is 0.721. The summed E-state index contributed by atoms with van der Waals surface area (Å²) >= 11 is 0. The van der Waals surface area contributed by atoms with Gasteiger partial charge in [-0.15, -0.1) is 0 Å². The zero-order chi connectivity index (χ0) is 11.9. The number of aryl methyl sites for hydroxylation is 1. The number of hydrogen-bond donors (Lipinski definition) is 1. The Hall–Kier alpha value is -1.85. The molecule has 1 N–H and O–H groups in total. The summed E-state index contributed by atoms with van der Waals surface area (Å²) in [6.07, 6.45) is -0.442. The number of amides is 1. The fourth-order valence-electron chi connectivity index (χ4n) is 2.00. The third-order valence-electron chi connectivity index (χ3n) is 2.77. The number of aromatic amines is 1. The van der Waals surface area contributed by atoms with Gasteiger partial charge in [0.05, 0.1) is 31.0 Å². The summed E-state index contributed by atoms with van der Waals surface area (Å²) in [5.41, 5.74) is 1.02. The molecule has 16 heavy (non-hydrogen) atoms. The lowest BCUT2D eigenvalue weighted by molar-refractivity contribution is 0.111. The zero-order valence-electron chi connectivity index (χ0n) is 9.40. The first-order valence-corrected chi connectivity index (χ1v) is 4.99. The van der Waals surface area contributed by atoms with Gasteiger partial charge >= 0.3 is 6.09 Å². The normalized spacial score (nSPS) is 18.4. The van der Waals surface area contributed by atoms with Crippen molar-refractivity contribution in [3.8, 4) is 0 Å². The van der Waals surface area contributed by atoms with E-state index in [0.717, 1.165) is 0 Å². The largest absolute Gasteiger partial charge is 0.453 e. The van der Waals surface area contributed by atoms with E-state index in [9.17, 15) is 9.59 Å². The van der Waals surface area contributed by atoms with E-state index in [0.29, 0.717) is 23.6 Å². The van der Waals surface area contributed by atoms with Gasteiger partial charge in [0.25, 0.3) is 5.56 Å². The molecule has 2 heterocycles. The molecule has 1 aliphatic heterocycles. The second-order valence-corrected chi connectivity index (χ2v) is 3.79. The van der Waals surface area contributed by atoms with Crippen molar-refractivity contribution in [2.45, 2.75) is 26.4 Å². The number of ether oxygens (including phenoxy) is 1. The molecule has 1 atom stereocenters. The summed E-state index contributed by atoms with van der Waals surface area (Å²) in [5.74, 6) is 0.558. The first kappa shape index (κ1) is 10.7. The quantitative estimate of drug-likeness (QED) is 0.703. The van der Waals surface area contributed by atoms with Crippen LogP contribution in [0.5, 0.6) is 0 Å². The number of fused-ring (bicyclic) bond motifs is 1. The zero-order valence-corrected chi connectivity index (χ0v) is 9.40. The van der Waals surface area contributed by atoms with Crippen molar-refractivity contribution in [3.63, 3.8) is 0 Å². The van der Waals surface area contributed by atoms with Crippen molar-refractivity contribution in [3.05, 3.63) is 27.4 Å². The van der Waals surface area contributed by atoms with E-state index < -0.39 is 6.09 Å². The van der Waals surface area contributed by atoms with Gasteiger partial charge in [-0.25, -0.2) is 9.78 Å². The molecule has 0 saturated heterocycles.